The molecule has 1 fully saturated rings. The van der Waals surface area contributed by atoms with Crippen LogP contribution in [0.1, 0.15) is 38.5 Å². The highest BCUT2D eigenvalue weighted by molar-refractivity contribution is 7.80. The maximum absolute atomic E-state index is 11.6. The van der Waals surface area contributed by atoms with Gasteiger partial charge in [0.15, 0.2) is 0 Å². The monoisotopic (exact) mass is 287 g/mol. The van der Waals surface area contributed by atoms with Crippen molar-refractivity contribution in [2.45, 2.75) is 44.6 Å². The topological polar surface area (TPSA) is 70.2 Å². The molecule has 1 rings (SSSR count). The Hall–Kier alpha value is -0.750. The molecule has 1 aliphatic carbocycles. The van der Waals surface area contributed by atoms with Gasteiger partial charge in [-0.3, -0.25) is 9.59 Å². The molecule has 2 amide bonds. The first-order valence-electron chi connectivity index (χ1n) is 7.14. The molecular formula is C13H25N3O2S. The van der Waals surface area contributed by atoms with Gasteiger partial charge in [-0.1, -0.05) is 19.3 Å². The number of nitrogens with one attached hydrogen (secondary N) is 3. The lowest BCUT2D eigenvalue weighted by Gasteiger charge is -2.22. The van der Waals surface area contributed by atoms with Gasteiger partial charge < -0.3 is 16.0 Å². The summed E-state index contributed by atoms with van der Waals surface area (Å²) in [5, 5.41) is 8.62. The first-order valence-corrected chi connectivity index (χ1v) is 7.77. The van der Waals surface area contributed by atoms with Gasteiger partial charge in [0.1, 0.15) is 0 Å². The van der Waals surface area contributed by atoms with Crippen LogP contribution in [0.2, 0.25) is 0 Å². The Morgan fingerprint density at radius 2 is 1.74 bits per heavy atom. The Kier molecular flexibility index (Phi) is 8.66. The number of hydrogen-bond donors (Lipinski definition) is 4. The first kappa shape index (κ1) is 16.3. The minimum absolute atomic E-state index is 0.184. The van der Waals surface area contributed by atoms with Crippen molar-refractivity contribution >= 4 is 24.4 Å². The summed E-state index contributed by atoms with van der Waals surface area (Å²) < 4.78 is 0. The van der Waals surface area contributed by atoms with Crippen molar-refractivity contribution in [3.63, 3.8) is 0 Å². The molecule has 0 unspecified atom stereocenters. The molecule has 0 spiro atoms. The van der Waals surface area contributed by atoms with E-state index in [1.807, 2.05) is 0 Å². The third kappa shape index (κ3) is 7.42. The highest BCUT2D eigenvalue weighted by Gasteiger charge is 2.19. The van der Waals surface area contributed by atoms with Gasteiger partial charge in [-0.05, 0) is 25.8 Å². The molecule has 0 radical (unpaired) electrons. The summed E-state index contributed by atoms with van der Waals surface area (Å²) in [5.74, 6) is -0.203. The molecule has 1 saturated carbocycles. The summed E-state index contributed by atoms with van der Waals surface area (Å²) in [4.78, 5) is 23.2. The number of hydrogen-bond acceptors (Lipinski definition) is 4. The van der Waals surface area contributed by atoms with Gasteiger partial charge >= 0.3 is 11.8 Å². The van der Waals surface area contributed by atoms with Crippen LogP contribution in [-0.4, -0.2) is 43.2 Å². The van der Waals surface area contributed by atoms with Crippen molar-refractivity contribution in [2.75, 3.05) is 25.4 Å². The molecule has 0 aliphatic heterocycles. The fraction of sp³-hybridized carbons (Fsp3) is 0.846. The molecule has 0 atom stereocenters. The number of thiol groups is 1. The van der Waals surface area contributed by atoms with E-state index in [9.17, 15) is 9.59 Å². The molecule has 1 aliphatic rings. The zero-order valence-electron chi connectivity index (χ0n) is 11.4. The standard InChI is InChI=1S/C13H25N3O2S/c17-12(15-8-4-7-14-9-10-19)13(18)16-11-5-2-1-3-6-11/h11,14,19H,1-10H2,(H,15,17)(H,16,18). The first-order chi connectivity index (χ1) is 9.24. The lowest BCUT2D eigenvalue weighted by atomic mass is 9.95. The van der Waals surface area contributed by atoms with Gasteiger partial charge in [-0.25, -0.2) is 0 Å². The minimum Gasteiger partial charge on any atom is -0.348 e. The Balaban J connectivity index is 2.06. The molecule has 6 heteroatoms. The zero-order chi connectivity index (χ0) is 13.9. The van der Waals surface area contributed by atoms with Gasteiger partial charge in [-0.2, -0.15) is 12.6 Å². The van der Waals surface area contributed by atoms with Crippen LogP contribution in [0.15, 0.2) is 0 Å². The molecule has 0 aromatic carbocycles. The Morgan fingerprint density at radius 3 is 2.42 bits per heavy atom. The van der Waals surface area contributed by atoms with Crippen molar-refractivity contribution in [1.29, 1.82) is 0 Å². The highest BCUT2D eigenvalue weighted by atomic mass is 32.1. The van der Waals surface area contributed by atoms with Crippen molar-refractivity contribution < 1.29 is 9.59 Å². The fourth-order valence-electron chi connectivity index (χ4n) is 2.20. The third-order valence-electron chi connectivity index (χ3n) is 3.25. The average Bonchev–Trinajstić information content (AvgIpc) is 2.43. The lowest BCUT2D eigenvalue weighted by Crippen LogP contribution is -2.45. The second-order valence-electron chi connectivity index (χ2n) is 4.89. The summed E-state index contributed by atoms with van der Waals surface area (Å²) in [6.45, 7) is 2.21. The molecule has 0 saturated heterocycles. The van der Waals surface area contributed by atoms with Crippen LogP contribution >= 0.6 is 12.6 Å². The molecule has 3 N–H and O–H groups in total. The number of carbonyl (C=O) groups is 2. The van der Waals surface area contributed by atoms with Crippen LogP contribution in [0.4, 0.5) is 0 Å². The molecular weight excluding hydrogens is 262 g/mol. The van der Waals surface area contributed by atoms with E-state index < -0.39 is 11.8 Å². The van der Waals surface area contributed by atoms with E-state index in [1.165, 1.54) is 6.42 Å². The lowest BCUT2D eigenvalue weighted by molar-refractivity contribution is -0.139. The van der Waals surface area contributed by atoms with Gasteiger partial charge in [-0.15, -0.1) is 0 Å². The largest absolute Gasteiger partial charge is 0.348 e. The van der Waals surface area contributed by atoms with Crippen molar-refractivity contribution in [2.24, 2.45) is 0 Å². The highest BCUT2D eigenvalue weighted by Crippen LogP contribution is 2.17. The molecule has 0 heterocycles. The summed E-state index contributed by atoms with van der Waals surface area (Å²) in [5.41, 5.74) is 0. The van der Waals surface area contributed by atoms with Gasteiger partial charge in [0.05, 0.1) is 0 Å². The van der Waals surface area contributed by atoms with E-state index in [-0.39, 0.29) is 6.04 Å². The normalized spacial score (nSPS) is 16.1. The smallest absolute Gasteiger partial charge is 0.309 e. The summed E-state index contributed by atoms with van der Waals surface area (Å²) in [6, 6.07) is 0.184. The Labute approximate surface area is 120 Å². The molecule has 0 aromatic rings. The summed E-state index contributed by atoms with van der Waals surface area (Å²) in [6.07, 6.45) is 6.32. The third-order valence-corrected chi connectivity index (χ3v) is 3.47. The second kappa shape index (κ2) is 10.1. The molecule has 0 bridgehead atoms. The van der Waals surface area contributed by atoms with E-state index in [2.05, 4.69) is 28.6 Å². The quantitative estimate of drug-likeness (QED) is 0.312. The van der Waals surface area contributed by atoms with E-state index >= 15 is 0 Å². The van der Waals surface area contributed by atoms with Crippen LogP contribution in [0.3, 0.4) is 0 Å². The predicted molar refractivity (Wildman–Crippen MR) is 79.4 cm³/mol. The van der Waals surface area contributed by atoms with Gasteiger partial charge in [0, 0.05) is 24.9 Å². The maximum Gasteiger partial charge on any atom is 0.309 e. The van der Waals surface area contributed by atoms with Crippen LogP contribution in [0.5, 0.6) is 0 Å². The van der Waals surface area contributed by atoms with Crippen LogP contribution in [0.25, 0.3) is 0 Å². The summed E-state index contributed by atoms with van der Waals surface area (Å²) >= 11 is 4.08. The van der Waals surface area contributed by atoms with E-state index in [0.717, 1.165) is 50.9 Å². The molecule has 0 aromatic heterocycles. The van der Waals surface area contributed by atoms with Gasteiger partial charge in [0.25, 0.3) is 0 Å². The number of carbonyl (C=O) groups excluding carboxylic acids is 2. The molecule has 5 nitrogen and oxygen atoms in total. The van der Waals surface area contributed by atoms with Crippen LogP contribution < -0.4 is 16.0 Å². The van der Waals surface area contributed by atoms with Crippen LogP contribution in [0, 0.1) is 0 Å². The SMILES string of the molecule is O=C(NCCCNCCS)C(=O)NC1CCCCC1. The predicted octanol–water partition coefficient (Wildman–Crippen LogP) is 0.461. The van der Waals surface area contributed by atoms with Gasteiger partial charge in [0.2, 0.25) is 0 Å². The summed E-state index contributed by atoms with van der Waals surface area (Å²) in [7, 11) is 0. The molecule has 110 valence electrons. The fourth-order valence-corrected chi connectivity index (χ4v) is 2.36. The Bertz CT molecular complexity index is 281. The minimum atomic E-state index is -0.514. The Morgan fingerprint density at radius 1 is 1.00 bits per heavy atom. The van der Waals surface area contributed by atoms with Crippen molar-refractivity contribution in [3.8, 4) is 0 Å². The van der Waals surface area contributed by atoms with Crippen molar-refractivity contribution in [3.05, 3.63) is 0 Å². The zero-order valence-corrected chi connectivity index (χ0v) is 12.3. The van der Waals surface area contributed by atoms with E-state index in [4.69, 9.17) is 0 Å². The van der Waals surface area contributed by atoms with E-state index in [1.54, 1.807) is 0 Å². The van der Waals surface area contributed by atoms with E-state index in [0.29, 0.717) is 6.54 Å². The second-order valence-corrected chi connectivity index (χ2v) is 5.34. The maximum atomic E-state index is 11.6. The number of rotatable bonds is 7. The molecule has 19 heavy (non-hydrogen) atoms. The average molecular weight is 287 g/mol. The number of amides is 2. The van der Waals surface area contributed by atoms with Crippen molar-refractivity contribution in [1.82, 2.24) is 16.0 Å². The van der Waals surface area contributed by atoms with Crippen LogP contribution in [-0.2, 0) is 9.59 Å².